The van der Waals surface area contributed by atoms with E-state index in [-0.39, 0.29) is 17.7 Å². The van der Waals surface area contributed by atoms with E-state index in [1.54, 1.807) is 12.1 Å². The molecule has 0 unspecified atom stereocenters. The quantitative estimate of drug-likeness (QED) is 0.0861. The van der Waals surface area contributed by atoms with Crippen LogP contribution < -0.4 is 0 Å². The van der Waals surface area contributed by atoms with E-state index >= 15 is 0 Å². The second-order valence-electron chi connectivity index (χ2n) is 14.8. The monoisotopic (exact) mass is 671 g/mol. The highest BCUT2D eigenvalue weighted by Gasteiger charge is 2.56. The van der Waals surface area contributed by atoms with E-state index in [9.17, 15) is 9.59 Å². The molecule has 1 fully saturated rings. The van der Waals surface area contributed by atoms with Gasteiger partial charge in [-0.15, -0.1) is 0 Å². The first-order chi connectivity index (χ1) is 23.0. The molecule has 0 spiro atoms. The Morgan fingerprint density at radius 3 is 1.83 bits per heavy atom. The summed E-state index contributed by atoms with van der Waals surface area (Å²) >= 11 is 0. The van der Waals surface area contributed by atoms with Gasteiger partial charge in [-0.2, -0.15) is 0 Å². The Morgan fingerprint density at radius 1 is 0.708 bits per heavy atom. The van der Waals surface area contributed by atoms with E-state index in [1.807, 2.05) is 71.6 Å². The van der Waals surface area contributed by atoms with Gasteiger partial charge in [-0.25, -0.2) is 9.59 Å². The van der Waals surface area contributed by atoms with Crippen molar-refractivity contribution in [1.29, 1.82) is 0 Å². The summed E-state index contributed by atoms with van der Waals surface area (Å²) in [6.07, 6.45) is 7.87. The summed E-state index contributed by atoms with van der Waals surface area (Å²) in [5, 5.41) is -0.0824. The van der Waals surface area contributed by atoms with Crippen molar-refractivity contribution in [3.8, 4) is 0 Å². The molecule has 260 valence electrons. The van der Waals surface area contributed by atoms with Gasteiger partial charge in [0.1, 0.15) is 18.8 Å². The maximum Gasteiger partial charge on any atom is 0.410 e. The molecule has 3 aromatic rings. The number of rotatable bonds is 16. The standard InChI is InChI=1S/C41H57NO5Si/c1-7-8-9-10-11-12-22-29-35-38(47-48(5,6)41(2,3)4)37(46-39(43)34-27-20-15-21-28-34)36(30-32-23-16-13-17-24-32)42(35)40(44)45-31-33-25-18-14-19-26-33/h13-21,23-28,35-38H,7-12,22,29-31H2,1-6H3/t35-,36+,37-,38-/m1/s1. The molecule has 6 nitrogen and oxygen atoms in total. The van der Waals surface area contributed by atoms with Crippen LogP contribution in [0.2, 0.25) is 18.1 Å². The number of hydrogen-bond acceptors (Lipinski definition) is 5. The Hall–Kier alpha value is -3.42. The number of carbonyl (C=O) groups is 2. The molecule has 1 saturated heterocycles. The molecule has 48 heavy (non-hydrogen) atoms. The van der Waals surface area contributed by atoms with Crippen LogP contribution in [0.25, 0.3) is 0 Å². The van der Waals surface area contributed by atoms with Gasteiger partial charge in [0.05, 0.1) is 17.6 Å². The van der Waals surface area contributed by atoms with Crippen molar-refractivity contribution in [3.63, 3.8) is 0 Å². The van der Waals surface area contributed by atoms with Gasteiger partial charge in [-0.1, -0.05) is 152 Å². The molecule has 3 aromatic carbocycles. The number of esters is 1. The van der Waals surface area contributed by atoms with Crippen LogP contribution in [0.15, 0.2) is 91.0 Å². The average Bonchev–Trinajstić information content (AvgIpc) is 3.34. The number of amides is 1. The van der Waals surface area contributed by atoms with Gasteiger partial charge < -0.3 is 13.9 Å². The first-order valence-corrected chi connectivity index (χ1v) is 20.9. The van der Waals surface area contributed by atoms with E-state index in [2.05, 4.69) is 52.9 Å². The van der Waals surface area contributed by atoms with E-state index in [1.165, 1.54) is 32.1 Å². The fourth-order valence-electron chi connectivity index (χ4n) is 6.32. The molecule has 7 heteroatoms. The first kappa shape index (κ1) is 37.4. The number of benzene rings is 3. The normalized spacial score (nSPS) is 19.7. The molecule has 1 aliphatic rings. The van der Waals surface area contributed by atoms with Crippen LogP contribution in [0, 0.1) is 0 Å². The molecular weight excluding hydrogens is 615 g/mol. The Balaban J connectivity index is 1.74. The first-order valence-electron chi connectivity index (χ1n) is 18.0. The van der Waals surface area contributed by atoms with Gasteiger partial charge in [0.15, 0.2) is 8.32 Å². The fourth-order valence-corrected chi connectivity index (χ4v) is 7.65. The lowest BCUT2D eigenvalue weighted by molar-refractivity contribution is -0.0103. The number of likely N-dealkylation sites (tertiary alicyclic amines) is 1. The third-order valence-corrected chi connectivity index (χ3v) is 14.6. The molecule has 0 aliphatic carbocycles. The number of nitrogens with zero attached hydrogens (tertiary/aromatic N) is 1. The summed E-state index contributed by atoms with van der Waals surface area (Å²) in [6.45, 7) is 13.5. The molecule has 0 bridgehead atoms. The molecule has 1 amide bonds. The number of carbonyl (C=O) groups excluding carboxylic acids is 2. The van der Waals surface area contributed by atoms with Crippen LogP contribution in [0.4, 0.5) is 4.79 Å². The van der Waals surface area contributed by atoms with Crippen LogP contribution in [-0.4, -0.2) is 49.6 Å². The molecule has 0 radical (unpaired) electrons. The van der Waals surface area contributed by atoms with Crippen molar-refractivity contribution in [2.24, 2.45) is 0 Å². The van der Waals surface area contributed by atoms with Crippen molar-refractivity contribution < 1.29 is 23.5 Å². The van der Waals surface area contributed by atoms with Crippen molar-refractivity contribution in [1.82, 2.24) is 4.90 Å². The van der Waals surface area contributed by atoms with Gasteiger partial charge in [-0.3, -0.25) is 4.90 Å². The summed E-state index contributed by atoms with van der Waals surface area (Å²) in [5.41, 5.74) is 2.47. The second kappa shape index (κ2) is 17.8. The van der Waals surface area contributed by atoms with Gasteiger partial charge in [-0.05, 0) is 54.2 Å². The topological polar surface area (TPSA) is 65.1 Å². The molecule has 4 atom stereocenters. The van der Waals surface area contributed by atoms with Crippen LogP contribution in [-0.2, 0) is 26.9 Å². The van der Waals surface area contributed by atoms with Crippen molar-refractivity contribution in [2.75, 3.05) is 0 Å². The Bertz CT molecular complexity index is 1390. The molecule has 0 aromatic heterocycles. The lowest BCUT2D eigenvalue weighted by Crippen LogP contribution is -2.51. The summed E-state index contributed by atoms with van der Waals surface area (Å²) in [6, 6.07) is 28.2. The summed E-state index contributed by atoms with van der Waals surface area (Å²) < 4.78 is 19.8. The summed E-state index contributed by atoms with van der Waals surface area (Å²) in [7, 11) is -2.38. The summed E-state index contributed by atoms with van der Waals surface area (Å²) in [5.74, 6) is -0.406. The van der Waals surface area contributed by atoms with E-state index < -0.39 is 38.6 Å². The van der Waals surface area contributed by atoms with E-state index in [0.717, 1.165) is 30.4 Å². The molecule has 1 aliphatic heterocycles. The largest absolute Gasteiger partial charge is 0.454 e. The minimum Gasteiger partial charge on any atom is -0.454 e. The SMILES string of the molecule is CCCCCCCCC[C@@H]1[C@@H](O[Si](C)(C)C(C)(C)C)[C@H](OC(=O)c2ccccc2)[C@H](Cc2ccccc2)N1C(=O)OCc1ccccc1. The van der Waals surface area contributed by atoms with E-state index in [0.29, 0.717) is 12.0 Å². The molecule has 1 heterocycles. The number of hydrogen-bond donors (Lipinski definition) is 0. The highest BCUT2D eigenvalue weighted by molar-refractivity contribution is 6.74. The maximum atomic E-state index is 14.4. The van der Waals surface area contributed by atoms with E-state index in [4.69, 9.17) is 13.9 Å². The lowest BCUT2D eigenvalue weighted by Gasteiger charge is -2.41. The number of unbranched alkanes of at least 4 members (excludes halogenated alkanes) is 6. The van der Waals surface area contributed by atoms with Crippen molar-refractivity contribution >= 4 is 20.4 Å². The van der Waals surface area contributed by atoms with Gasteiger partial charge in [0.2, 0.25) is 0 Å². The predicted molar refractivity (Wildman–Crippen MR) is 197 cm³/mol. The zero-order chi connectivity index (χ0) is 34.6. The van der Waals surface area contributed by atoms with Crippen molar-refractivity contribution in [3.05, 3.63) is 108 Å². The Kier molecular flexibility index (Phi) is 13.9. The van der Waals surface area contributed by atoms with Crippen LogP contribution in [0.1, 0.15) is 101 Å². The minimum atomic E-state index is -2.38. The summed E-state index contributed by atoms with van der Waals surface area (Å²) in [4.78, 5) is 30.0. The average molecular weight is 672 g/mol. The third-order valence-electron chi connectivity index (χ3n) is 10.1. The minimum absolute atomic E-state index is 0.0824. The van der Waals surface area contributed by atoms with Crippen LogP contribution >= 0.6 is 0 Å². The molecular formula is C41H57NO5Si. The second-order valence-corrected chi connectivity index (χ2v) is 19.5. The lowest BCUT2D eigenvalue weighted by atomic mass is 9.98. The van der Waals surface area contributed by atoms with Crippen LogP contribution in [0.5, 0.6) is 0 Å². The molecule has 0 N–H and O–H groups in total. The third kappa shape index (κ3) is 10.3. The van der Waals surface area contributed by atoms with Crippen LogP contribution in [0.3, 0.4) is 0 Å². The predicted octanol–water partition coefficient (Wildman–Crippen LogP) is 10.4. The zero-order valence-electron chi connectivity index (χ0n) is 30.0. The maximum absolute atomic E-state index is 14.4. The molecule has 4 rings (SSSR count). The Morgan fingerprint density at radius 2 is 1.25 bits per heavy atom. The van der Waals surface area contributed by atoms with Gasteiger partial charge >= 0.3 is 12.1 Å². The van der Waals surface area contributed by atoms with Crippen molar-refractivity contribution in [2.45, 2.75) is 135 Å². The van der Waals surface area contributed by atoms with Gasteiger partial charge in [0.25, 0.3) is 0 Å². The highest BCUT2D eigenvalue weighted by Crippen LogP contribution is 2.43. The fraction of sp³-hybridized carbons (Fsp3) is 0.512. The Labute approximate surface area is 290 Å². The van der Waals surface area contributed by atoms with Gasteiger partial charge in [0, 0.05) is 0 Å². The smallest absolute Gasteiger partial charge is 0.410 e. The highest BCUT2D eigenvalue weighted by atomic mass is 28.4. The zero-order valence-corrected chi connectivity index (χ0v) is 31.0. The number of ether oxygens (including phenoxy) is 2. The molecule has 0 saturated carbocycles.